The second-order valence-corrected chi connectivity index (χ2v) is 8.70. The van der Waals surface area contributed by atoms with E-state index >= 15 is 0 Å². The molecule has 1 atom stereocenters. The van der Waals surface area contributed by atoms with Crippen molar-refractivity contribution in [3.63, 3.8) is 0 Å². The third-order valence-electron chi connectivity index (χ3n) is 5.79. The number of carboxylic acids is 1. The molecule has 3 rings (SSSR count). The van der Waals surface area contributed by atoms with E-state index in [9.17, 15) is 9.90 Å². The summed E-state index contributed by atoms with van der Waals surface area (Å²) in [7, 11) is 0. The van der Waals surface area contributed by atoms with Gasteiger partial charge in [0, 0.05) is 6.42 Å². The highest BCUT2D eigenvalue weighted by Gasteiger charge is 2.46. The normalized spacial score (nSPS) is 18.5. The lowest BCUT2D eigenvalue weighted by atomic mass is 9.74. The van der Waals surface area contributed by atoms with Gasteiger partial charge in [-0.15, -0.1) is 0 Å². The molecule has 0 spiro atoms. The second-order valence-electron chi connectivity index (χ2n) is 8.70. The first-order valence-corrected chi connectivity index (χ1v) is 10.4. The van der Waals surface area contributed by atoms with Crippen molar-refractivity contribution in [2.45, 2.75) is 65.5 Å². The summed E-state index contributed by atoms with van der Waals surface area (Å²) in [6, 6.07) is 12.2. The topological polar surface area (TPSA) is 65.0 Å². The van der Waals surface area contributed by atoms with Crippen LogP contribution in [0.25, 0.3) is 0 Å². The first-order valence-electron chi connectivity index (χ1n) is 10.4. The molecule has 0 bridgehead atoms. The quantitative estimate of drug-likeness (QED) is 0.707. The summed E-state index contributed by atoms with van der Waals surface area (Å²) in [4.78, 5) is 11.6. The van der Waals surface area contributed by atoms with Crippen molar-refractivity contribution in [3.05, 3.63) is 69.8 Å². The Kier molecular flexibility index (Phi) is 6.37. The van der Waals surface area contributed by atoms with Crippen LogP contribution in [0, 0.1) is 27.7 Å². The fourth-order valence-electron chi connectivity index (χ4n) is 4.80. The number of carboxylic acid groups (broad SMARTS) is 1. The molecule has 162 valence electrons. The summed E-state index contributed by atoms with van der Waals surface area (Å²) >= 11 is 0. The van der Waals surface area contributed by atoms with Crippen LogP contribution >= 0.6 is 0 Å². The molecular weight excluding hydrogens is 380 g/mol. The first-order chi connectivity index (χ1) is 14.1. The third-order valence-corrected chi connectivity index (χ3v) is 5.79. The van der Waals surface area contributed by atoms with Crippen molar-refractivity contribution in [2.75, 3.05) is 13.2 Å². The zero-order valence-electron chi connectivity index (χ0n) is 18.7. The third kappa shape index (κ3) is 4.43. The van der Waals surface area contributed by atoms with E-state index in [1.54, 1.807) is 0 Å². The summed E-state index contributed by atoms with van der Waals surface area (Å²) in [5.74, 6) is -1.68. The van der Waals surface area contributed by atoms with Gasteiger partial charge in [0.15, 0.2) is 5.79 Å². The van der Waals surface area contributed by atoms with E-state index in [4.69, 9.17) is 14.2 Å². The Balaban J connectivity index is 2.27. The van der Waals surface area contributed by atoms with Gasteiger partial charge in [-0.25, -0.2) is 4.79 Å². The fraction of sp³-hybridized carbons (Fsp3) is 0.480. The minimum atomic E-state index is -0.999. The number of hydrogen-bond acceptors (Lipinski definition) is 4. The van der Waals surface area contributed by atoms with Crippen LogP contribution in [0.4, 0.5) is 0 Å². The van der Waals surface area contributed by atoms with Gasteiger partial charge >= 0.3 is 5.97 Å². The molecule has 1 aliphatic heterocycles. The van der Waals surface area contributed by atoms with E-state index in [0.29, 0.717) is 13.0 Å². The van der Waals surface area contributed by atoms with Crippen molar-refractivity contribution in [1.29, 1.82) is 0 Å². The summed E-state index contributed by atoms with van der Waals surface area (Å²) in [6.07, 6.45) is 0.230. The van der Waals surface area contributed by atoms with Crippen LogP contribution in [0.5, 0.6) is 0 Å². The predicted octanol–water partition coefficient (Wildman–Crippen LogP) is 4.81. The summed E-state index contributed by atoms with van der Waals surface area (Å²) in [5, 5.41) is 9.51. The summed E-state index contributed by atoms with van der Waals surface area (Å²) < 4.78 is 18.4. The van der Waals surface area contributed by atoms with E-state index in [1.807, 2.05) is 77.9 Å². The molecule has 0 aromatic heterocycles. The van der Waals surface area contributed by atoms with E-state index in [1.165, 1.54) is 0 Å². The molecule has 1 fully saturated rings. The van der Waals surface area contributed by atoms with Crippen LogP contribution in [-0.4, -0.2) is 36.2 Å². The molecule has 2 aromatic carbocycles. The molecule has 0 aliphatic carbocycles. The number of aliphatic carboxylic acids is 1. The molecular formula is C25H32O5. The molecule has 1 aliphatic rings. The SMILES string of the molecule is Cc1cccc(C)c1C(CC1COC(C)(C)O1)(OCC(=O)O)c1c(C)cccc1C. The molecule has 5 heteroatoms. The maximum Gasteiger partial charge on any atom is 0.329 e. The van der Waals surface area contributed by atoms with Crippen LogP contribution in [-0.2, 0) is 24.6 Å². The van der Waals surface area contributed by atoms with Gasteiger partial charge in [0.05, 0.1) is 12.7 Å². The monoisotopic (exact) mass is 412 g/mol. The zero-order chi connectivity index (χ0) is 22.1. The molecule has 1 heterocycles. The van der Waals surface area contributed by atoms with Crippen LogP contribution in [0.2, 0.25) is 0 Å². The number of ether oxygens (including phenoxy) is 3. The maximum absolute atomic E-state index is 11.6. The molecule has 30 heavy (non-hydrogen) atoms. The summed E-state index contributed by atoms with van der Waals surface area (Å²) in [5.41, 5.74) is 5.25. The lowest BCUT2D eigenvalue weighted by Gasteiger charge is -2.40. The zero-order valence-corrected chi connectivity index (χ0v) is 18.7. The molecule has 0 amide bonds. The van der Waals surface area contributed by atoms with Crippen molar-refractivity contribution < 1.29 is 24.1 Å². The van der Waals surface area contributed by atoms with Crippen LogP contribution < -0.4 is 0 Å². The number of hydrogen-bond donors (Lipinski definition) is 1. The minimum Gasteiger partial charge on any atom is -0.480 e. The minimum absolute atomic E-state index is 0.230. The Morgan fingerprint density at radius 3 is 1.87 bits per heavy atom. The Morgan fingerprint density at radius 1 is 1.03 bits per heavy atom. The number of benzene rings is 2. The summed E-state index contributed by atoms with van der Waals surface area (Å²) in [6.45, 7) is 12.0. The Bertz CT molecular complexity index is 839. The Hall–Kier alpha value is -2.21. The van der Waals surface area contributed by atoms with Gasteiger partial charge < -0.3 is 19.3 Å². The standard InChI is InChI=1S/C25H32O5/c1-16-9-7-10-17(2)22(16)25(29-15-21(26)27,13-20-14-28-24(5,6)30-20)23-18(3)11-8-12-19(23)4/h7-12,20H,13-15H2,1-6H3,(H,26,27). The highest BCUT2D eigenvalue weighted by Crippen LogP contribution is 2.46. The van der Waals surface area contributed by atoms with Crippen molar-refractivity contribution in [3.8, 4) is 0 Å². The average Bonchev–Trinajstić information content (AvgIpc) is 2.97. The van der Waals surface area contributed by atoms with Crippen molar-refractivity contribution in [2.24, 2.45) is 0 Å². The van der Waals surface area contributed by atoms with Crippen LogP contribution in [0.1, 0.15) is 53.6 Å². The Labute approximate surface area is 179 Å². The highest BCUT2D eigenvalue weighted by molar-refractivity contribution is 5.68. The molecule has 1 unspecified atom stereocenters. The van der Waals surface area contributed by atoms with Gasteiger partial charge in [-0.1, -0.05) is 36.4 Å². The smallest absolute Gasteiger partial charge is 0.329 e. The second kappa shape index (κ2) is 8.50. The molecule has 5 nitrogen and oxygen atoms in total. The highest BCUT2D eigenvalue weighted by atomic mass is 16.7. The van der Waals surface area contributed by atoms with Crippen molar-refractivity contribution in [1.82, 2.24) is 0 Å². The van der Waals surface area contributed by atoms with E-state index in [-0.39, 0.29) is 6.10 Å². The number of carbonyl (C=O) groups is 1. The van der Waals surface area contributed by atoms with Gasteiger partial charge in [-0.3, -0.25) is 0 Å². The molecule has 0 radical (unpaired) electrons. The van der Waals surface area contributed by atoms with Crippen LogP contribution in [0.15, 0.2) is 36.4 Å². The lowest BCUT2D eigenvalue weighted by molar-refractivity contribution is -0.157. The molecule has 0 saturated carbocycles. The lowest BCUT2D eigenvalue weighted by Crippen LogP contribution is -2.40. The van der Waals surface area contributed by atoms with Gasteiger partial charge in [0.1, 0.15) is 12.2 Å². The Morgan fingerprint density at radius 2 is 1.50 bits per heavy atom. The average molecular weight is 413 g/mol. The molecule has 2 aromatic rings. The van der Waals surface area contributed by atoms with E-state index < -0.39 is 24.0 Å². The van der Waals surface area contributed by atoms with Gasteiger partial charge in [-0.05, 0) is 74.9 Å². The molecule has 1 N–H and O–H groups in total. The predicted molar refractivity (Wildman–Crippen MR) is 116 cm³/mol. The maximum atomic E-state index is 11.6. The van der Waals surface area contributed by atoms with Gasteiger partial charge in [0.2, 0.25) is 0 Å². The van der Waals surface area contributed by atoms with E-state index in [0.717, 1.165) is 33.4 Å². The van der Waals surface area contributed by atoms with Gasteiger partial charge in [-0.2, -0.15) is 0 Å². The number of aryl methyl sites for hydroxylation is 4. The first kappa shape index (κ1) is 22.5. The molecule has 1 saturated heterocycles. The van der Waals surface area contributed by atoms with Crippen molar-refractivity contribution >= 4 is 5.97 Å². The van der Waals surface area contributed by atoms with Crippen LogP contribution in [0.3, 0.4) is 0 Å². The number of rotatable bonds is 7. The van der Waals surface area contributed by atoms with Gasteiger partial charge in [0.25, 0.3) is 0 Å². The fourth-order valence-corrected chi connectivity index (χ4v) is 4.80. The van der Waals surface area contributed by atoms with E-state index in [2.05, 4.69) is 0 Å². The largest absolute Gasteiger partial charge is 0.480 e.